The van der Waals surface area contributed by atoms with Crippen LogP contribution in [0.4, 0.5) is 5.69 Å². The first kappa shape index (κ1) is 18.2. The number of amidine groups is 1. The second-order valence-electron chi connectivity index (χ2n) is 6.65. The van der Waals surface area contributed by atoms with Gasteiger partial charge in [0.1, 0.15) is 0 Å². The number of benzene rings is 1. The first-order chi connectivity index (χ1) is 11.8. The highest BCUT2D eigenvalue weighted by atomic mass is 32.2. The Labute approximate surface area is 152 Å². The Morgan fingerprint density at radius 1 is 1.28 bits per heavy atom. The molecule has 2 unspecified atom stereocenters. The summed E-state index contributed by atoms with van der Waals surface area (Å²) in [7, 11) is 1.15. The summed E-state index contributed by atoms with van der Waals surface area (Å²) in [5.74, 6) is 0.258. The molecule has 1 aromatic carbocycles. The zero-order valence-electron chi connectivity index (χ0n) is 14.3. The van der Waals surface area contributed by atoms with E-state index >= 15 is 0 Å². The monoisotopic (exact) mass is 383 g/mol. The summed E-state index contributed by atoms with van der Waals surface area (Å²) in [6.07, 6.45) is 0. The third kappa shape index (κ3) is 4.74. The van der Waals surface area contributed by atoms with Crippen LogP contribution in [0.15, 0.2) is 29.3 Å². The molecule has 0 aliphatic carbocycles. The standard InChI is InChI=1S/C16H22N4O3S2/c1-20(2)8-7-17-15(21)11-3-5-12(6-4-11)18-16-19-13-9-25(22,23)10-14(13)24-16/h3-6,13-14H,7-10H2,1-2H3,(H,17,21)(H,18,19)/p+1. The molecule has 136 valence electrons. The zero-order chi connectivity index (χ0) is 18.0. The molecule has 0 bridgehead atoms. The van der Waals surface area contributed by atoms with E-state index in [0.717, 1.165) is 17.4 Å². The number of aliphatic imine (C=N–C) groups is 1. The molecule has 7 nitrogen and oxygen atoms in total. The van der Waals surface area contributed by atoms with Gasteiger partial charge in [0.25, 0.3) is 5.91 Å². The van der Waals surface area contributed by atoms with Gasteiger partial charge in [0.2, 0.25) is 0 Å². The van der Waals surface area contributed by atoms with E-state index in [1.54, 1.807) is 12.1 Å². The maximum absolute atomic E-state index is 12.0. The molecule has 25 heavy (non-hydrogen) atoms. The van der Waals surface area contributed by atoms with Crippen LogP contribution in [-0.2, 0) is 9.84 Å². The average Bonchev–Trinajstić information content (AvgIpc) is 3.00. The van der Waals surface area contributed by atoms with Crippen molar-refractivity contribution < 1.29 is 18.1 Å². The predicted octanol–water partition coefficient (Wildman–Crippen LogP) is -0.759. The van der Waals surface area contributed by atoms with Crippen molar-refractivity contribution in [2.24, 2.45) is 4.99 Å². The van der Waals surface area contributed by atoms with Crippen molar-refractivity contribution in [1.82, 2.24) is 5.32 Å². The molecule has 2 aliphatic rings. The number of hydrogen-bond acceptors (Lipinski definition) is 6. The number of carbonyl (C=O) groups is 1. The summed E-state index contributed by atoms with van der Waals surface area (Å²) < 4.78 is 23.2. The van der Waals surface area contributed by atoms with Gasteiger partial charge >= 0.3 is 0 Å². The van der Waals surface area contributed by atoms with Crippen molar-refractivity contribution in [1.29, 1.82) is 0 Å². The Hall–Kier alpha value is -1.58. The molecule has 1 saturated heterocycles. The minimum Gasteiger partial charge on any atom is -0.346 e. The number of sulfone groups is 1. The minimum atomic E-state index is -2.93. The largest absolute Gasteiger partial charge is 0.346 e. The number of nitrogens with zero attached hydrogens (tertiary/aromatic N) is 1. The van der Waals surface area contributed by atoms with Gasteiger partial charge in [-0.3, -0.25) is 9.79 Å². The van der Waals surface area contributed by atoms with E-state index < -0.39 is 9.84 Å². The highest BCUT2D eigenvalue weighted by Crippen LogP contribution is 2.34. The smallest absolute Gasteiger partial charge is 0.251 e. The topological polar surface area (TPSA) is 92.1 Å². The SMILES string of the molecule is C[NH+](C)CCNC(=O)c1ccc(NC2=NC3CS(=O)(=O)CC3S2)cc1. The molecule has 0 radical (unpaired) electrons. The van der Waals surface area contributed by atoms with Gasteiger partial charge in [-0.25, -0.2) is 8.42 Å². The van der Waals surface area contributed by atoms with Gasteiger partial charge in [0, 0.05) is 16.5 Å². The lowest BCUT2D eigenvalue weighted by Crippen LogP contribution is -3.06. The fourth-order valence-electron chi connectivity index (χ4n) is 2.77. The number of thioether (sulfide) groups is 1. The summed E-state index contributed by atoms with van der Waals surface area (Å²) in [6.45, 7) is 1.51. The lowest BCUT2D eigenvalue weighted by atomic mass is 10.2. The van der Waals surface area contributed by atoms with E-state index in [1.807, 2.05) is 26.2 Å². The molecule has 1 fully saturated rings. The summed E-state index contributed by atoms with van der Waals surface area (Å²) in [5.41, 5.74) is 1.45. The maximum atomic E-state index is 12.0. The number of fused-ring (bicyclic) bond motifs is 1. The van der Waals surface area contributed by atoms with E-state index in [-0.39, 0.29) is 28.7 Å². The second kappa shape index (κ2) is 7.35. The predicted molar refractivity (Wildman–Crippen MR) is 101 cm³/mol. The molecule has 2 heterocycles. The van der Waals surface area contributed by atoms with Crippen molar-refractivity contribution in [3.8, 4) is 0 Å². The van der Waals surface area contributed by atoms with Gasteiger partial charge in [-0.1, -0.05) is 11.8 Å². The van der Waals surface area contributed by atoms with Gasteiger partial charge in [0.15, 0.2) is 15.0 Å². The molecule has 2 atom stereocenters. The third-order valence-corrected chi connectivity index (χ3v) is 7.27. The Morgan fingerprint density at radius 3 is 2.64 bits per heavy atom. The van der Waals surface area contributed by atoms with Crippen molar-refractivity contribution in [2.75, 3.05) is 44.0 Å². The highest BCUT2D eigenvalue weighted by Gasteiger charge is 2.42. The number of hydrogen-bond donors (Lipinski definition) is 3. The molecule has 3 rings (SSSR count). The Balaban J connectivity index is 1.54. The second-order valence-corrected chi connectivity index (χ2v) is 10.0. The Kier molecular flexibility index (Phi) is 5.35. The fourth-order valence-corrected chi connectivity index (χ4v) is 6.45. The normalized spacial score (nSPS) is 24.0. The Morgan fingerprint density at radius 2 is 2.00 bits per heavy atom. The van der Waals surface area contributed by atoms with E-state index in [1.165, 1.54) is 16.7 Å². The first-order valence-electron chi connectivity index (χ1n) is 8.21. The van der Waals surface area contributed by atoms with E-state index in [0.29, 0.717) is 12.1 Å². The Bertz CT molecular complexity index is 775. The molecule has 1 aromatic rings. The van der Waals surface area contributed by atoms with Crippen LogP contribution in [-0.4, -0.2) is 69.5 Å². The van der Waals surface area contributed by atoms with E-state index in [4.69, 9.17) is 0 Å². The number of amides is 1. The van der Waals surface area contributed by atoms with E-state index in [2.05, 4.69) is 15.6 Å². The third-order valence-electron chi connectivity index (χ3n) is 4.13. The van der Waals surface area contributed by atoms with Crippen molar-refractivity contribution in [2.45, 2.75) is 11.3 Å². The zero-order valence-corrected chi connectivity index (χ0v) is 15.9. The van der Waals surface area contributed by atoms with Crippen LogP contribution in [0.25, 0.3) is 0 Å². The van der Waals surface area contributed by atoms with Crippen molar-refractivity contribution in [3.05, 3.63) is 29.8 Å². The summed E-state index contributed by atoms with van der Waals surface area (Å²) in [4.78, 5) is 17.8. The molecule has 0 spiro atoms. The quantitative estimate of drug-likeness (QED) is 0.622. The molecule has 1 amide bonds. The molecule has 9 heteroatoms. The van der Waals surface area contributed by atoms with Crippen LogP contribution in [0.5, 0.6) is 0 Å². The molecule has 2 aliphatic heterocycles. The number of quaternary nitrogens is 1. The first-order valence-corrected chi connectivity index (χ1v) is 10.9. The van der Waals surface area contributed by atoms with Gasteiger partial charge in [-0.05, 0) is 24.3 Å². The summed E-state index contributed by atoms with van der Waals surface area (Å²) in [5, 5.41) is 6.87. The lowest BCUT2D eigenvalue weighted by molar-refractivity contribution is -0.856. The molecule has 0 aromatic heterocycles. The number of nitrogens with one attached hydrogen (secondary N) is 3. The molecular formula is C16H23N4O3S2+. The van der Waals surface area contributed by atoms with Crippen LogP contribution < -0.4 is 15.5 Å². The van der Waals surface area contributed by atoms with Gasteiger partial charge in [0.05, 0.1) is 44.7 Å². The van der Waals surface area contributed by atoms with Crippen LogP contribution in [0.1, 0.15) is 10.4 Å². The van der Waals surface area contributed by atoms with E-state index in [9.17, 15) is 13.2 Å². The van der Waals surface area contributed by atoms with Crippen molar-refractivity contribution in [3.63, 3.8) is 0 Å². The summed E-state index contributed by atoms with van der Waals surface area (Å²) >= 11 is 1.48. The molecular weight excluding hydrogens is 360 g/mol. The van der Waals surface area contributed by atoms with Crippen molar-refractivity contribution >= 4 is 38.4 Å². The van der Waals surface area contributed by atoms with Gasteiger partial charge in [-0.15, -0.1) is 0 Å². The van der Waals surface area contributed by atoms with Crippen LogP contribution in [0.3, 0.4) is 0 Å². The van der Waals surface area contributed by atoms with Crippen LogP contribution in [0, 0.1) is 0 Å². The van der Waals surface area contributed by atoms with Crippen LogP contribution >= 0.6 is 11.8 Å². The van der Waals surface area contributed by atoms with Gasteiger partial charge in [-0.2, -0.15) is 0 Å². The minimum absolute atomic E-state index is 0.0244. The number of carbonyl (C=O) groups excluding carboxylic acids is 1. The molecule has 0 saturated carbocycles. The fraction of sp³-hybridized carbons (Fsp3) is 0.500. The summed E-state index contributed by atoms with van der Waals surface area (Å²) in [6, 6.07) is 7.07. The maximum Gasteiger partial charge on any atom is 0.251 e. The molecule has 3 N–H and O–H groups in total. The highest BCUT2D eigenvalue weighted by molar-refractivity contribution is 8.15. The van der Waals surface area contributed by atoms with Gasteiger partial charge < -0.3 is 15.5 Å². The number of anilines is 1. The number of rotatable bonds is 5. The number of likely N-dealkylation sites (N-methyl/N-ethyl adjacent to an activating group) is 1. The average molecular weight is 384 g/mol. The van der Waals surface area contributed by atoms with Crippen LogP contribution in [0.2, 0.25) is 0 Å². The lowest BCUT2D eigenvalue weighted by Gasteiger charge is -2.10.